The van der Waals surface area contributed by atoms with Crippen molar-refractivity contribution in [1.29, 1.82) is 0 Å². The minimum absolute atomic E-state index is 0.102. The molecule has 512 valence electrons. The van der Waals surface area contributed by atoms with Gasteiger partial charge in [0.1, 0.15) is 24.4 Å². The number of unbranched alkanes of at least 4 members (excludes halogenated alkanes) is 40. The summed E-state index contributed by atoms with van der Waals surface area (Å²) in [6.07, 6.45) is 73.8. The van der Waals surface area contributed by atoms with Gasteiger partial charge in [0.15, 0.2) is 12.4 Å². The van der Waals surface area contributed by atoms with Gasteiger partial charge in [-0.2, -0.15) is 0 Å². The number of carbonyl (C=O) groups excluding carboxylic acids is 2. The molecule has 11 heteroatoms. The van der Waals surface area contributed by atoms with E-state index in [0.717, 1.165) is 89.9 Å². The molecule has 0 radical (unpaired) electrons. The van der Waals surface area contributed by atoms with E-state index in [-0.39, 0.29) is 13.0 Å². The number of allylic oxidation sites excluding steroid dienone is 11. The Bertz CT molecular complexity index is 1710. The van der Waals surface area contributed by atoms with E-state index in [2.05, 4.69) is 86.8 Å². The Hall–Kier alpha value is -2.90. The second kappa shape index (κ2) is 64.2. The maximum absolute atomic E-state index is 13.5. The van der Waals surface area contributed by atoms with Crippen LogP contribution in [0.15, 0.2) is 72.9 Å². The van der Waals surface area contributed by atoms with Gasteiger partial charge in [-0.1, -0.05) is 312 Å². The summed E-state index contributed by atoms with van der Waals surface area (Å²) in [5.74, 6) is -1.20. The van der Waals surface area contributed by atoms with Crippen molar-refractivity contribution in [2.24, 2.45) is 0 Å². The highest BCUT2D eigenvalue weighted by atomic mass is 16.7. The van der Waals surface area contributed by atoms with Crippen LogP contribution in [0.25, 0.3) is 0 Å². The SMILES string of the molecule is CCCCC/C=C\C/C=C\C/C=C\C/C=C\CCCCCCCC(=O)OC1C(OCC(NC(=O)C(O)CCCCCCCCCCCCCCCCCC/C=C/CCCCCCCC)C(O)/C=C/CCCCCCCCCCCC)OC(CO)C(O)C1O. The van der Waals surface area contributed by atoms with Crippen LogP contribution in [0.5, 0.6) is 0 Å². The average Bonchev–Trinajstić information content (AvgIpc) is 1.36. The second-order valence-corrected chi connectivity index (χ2v) is 25.7. The minimum atomic E-state index is -1.62. The Labute approximate surface area is 541 Å². The first kappa shape index (κ1) is 83.1. The smallest absolute Gasteiger partial charge is 0.306 e. The van der Waals surface area contributed by atoms with Crippen LogP contribution in [0.4, 0.5) is 0 Å². The zero-order chi connectivity index (χ0) is 63.9. The Balaban J connectivity index is 2.55. The number of aliphatic hydroxyl groups is 5. The summed E-state index contributed by atoms with van der Waals surface area (Å²) in [6, 6.07) is -1.03. The van der Waals surface area contributed by atoms with E-state index < -0.39 is 67.4 Å². The lowest BCUT2D eigenvalue weighted by Crippen LogP contribution is -2.61. The van der Waals surface area contributed by atoms with Crippen LogP contribution >= 0.6 is 0 Å². The lowest BCUT2D eigenvalue weighted by Gasteiger charge is -2.41. The monoisotopic (exact) mass is 1240 g/mol. The molecule has 1 aliphatic rings. The zero-order valence-electron chi connectivity index (χ0n) is 57.1. The summed E-state index contributed by atoms with van der Waals surface area (Å²) in [5, 5.41) is 57.3. The molecule has 88 heavy (non-hydrogen) atoms. The summed E-state index contributed by atoms with van der Waals surface area (Å²) < 4.78 is 17.7. The van der Waals surface area contributed by atoms with Crippen LogP contribution < -0.4 is 5.32 Å². The average molecular weight is 1240 g/mol. The van der Waals surface area contributed by atoms with Gasteiger partial charge >= 0.3 is 5.97 Å². The topological polar surface area (TPSA) is 175 Å². The molecule has 1 fully saturated rings. The van der Waals surface area contributed by atoms with Crippen LogP contribution in [-0.4, -0.2) is 99.6 Å². The van der Waals surface area contributed by atoms with Gasteiger partial charge < -0.3 is 45.1 Å². The van der Waals surface area contributed by atoms with Gasteiger partial charge in [0.25, 0.3) is 0 Å². The number of ether oxygens (including phenoxy) is 3. The number of esters is 1. The summed E-state index contributed by atoms with van der Waals surface area (Å²) in [5.41, 5.74) is 0. The first-order valence-electron chi connectivity index (χ1n) is 37.2. The van der Waals surface area contributed by atoms with Crippen molar-refractivity contribution in [3.63, 3.8) is 0 Å². The van der Waals surface area contributed by atoms with Gasteiger partial charge in [-0.3, -0.25) is 9.59 Å². The molecule has 6 N–H and O–H groups in total. The first-order chi connectivity index (χ1) is 43.2. The molecule has 0 spiro atoms. The molecule has 8 atom stereocenters. The normalized spacial score (nSPS) is 18.6. The van der Waals surface area contributed by atoms with Gasteiger partial charge in [-0.05, 0) is 96.3 Å². The molecule has 8 unspecified atom stereocenters. The number of nitrogens with one attached hydrogen (secondary N) is 1. The number of amides is 1. The van der Waals surface area contributed by atoms with E-state index in [1.54, 1.807) is 6.08 Å². The predicted molar refractivity (Wildman–Crippen MR) is 370 cm³/mol. The van der Waals surface area contributed by atoms with Crippen LogP contribution in [0.3, 0.4) is 0 Å². The summed E-state index contributed by atoms with van der Waals surface area (Å²) in [4.78, 5) is 26.7. The van der Waals surface area contributed by atoms with Crippen LogP contribution in [-0.2, 0) is 23.8 Å². The van der Waals surface area contributed by atoms with Crippen molar-refractivity contribution in [3.8, 4) is 0 Å². The van der Waals surface area contributed by atoms with Gasteiger partial charge in [0.2, 0.25) is 5.91 Å². The van der Waals surface area contributed by atoms with Crippen LogP contribution in [0, 0.1) is 0 Å². The molecule has 0 aromatic rings. The fourth-order valence-corrected chi connectivity index (χ4v) is 11.5. The van der Waals surface area contributed by atoms with E-state index in [1.807, 2.05) is 6.08 Å². The fraction of sp³-hybridized carbons (Fsp3) is 0.818. The standard InChI is InChI=1S/C77H139NO10/c1-4-7-10-13-16-19-22-25-27-29-31-33-34-35-36-37-39-40-42-44-46-49-52-55-58-61-64-70(81)76(85)78-68(69(80)63-60-57-54-51-48-24-21-18-15-12-9-6-3)67-86-77-75(74(84)73(83)71(66-79)87-77)88-72(82)65-62-59-56-53-50-47-45-43-41-38-32-30-28-26-23-20-17-14-11-8-5-2/h17,20,25-28,32,38,43,45,60,63,68-71,73-75,77,79-81,83-84H,4-16,18-19,21-24,29-31,33-37,39-42,44,46-59,61-62,64-67H2,1-3H3,(H,78,85)/b20-17-,27-25+,28-26-,38-32-,45-43-,63-60+. The van der Waals surface area contributed by atoms with Crippen molar-refractivity contribution in [1.82, 2.24) is 5.32 Å². The van der Waals surface area contributed by atoms with E-state index in [0.29, 0.717) is 19.3 Å². The van der Waals surface area contributed by atoms with E-state index in [4.69, 9.17) is 14.2 Å². The Kier molecular flexibility index (Phi) is 60.6. The van der Waals surface area contributed by atoms with Crippen molar-refractivity contribution in [2.45, 2.75) is 391 Å². The highest BCUT2D eigenvalue weighted by Gasteiger charge is 2.47. The number of hydrogen-bond donors (Lipinski definition) is 6. The molecule has 1 heterocycles. The van der Waals surface area contributed by atoms with Crippen LogP contribution in [0.1, 0.15) is 342 Å². The Morgan fingerprint density at radius 2 is 0.784 bits per heavy atom. The third kappa shape index (κ3) is 50.7. The van der Waals surface area contributed by atoms with E-state index in [9.17, 15) is 35.1 Å². The van der Waals surface area contributed by atoms with Crippen molar-refractivity contribution in [2.75, 3.05) is 13.2 Å². The van der Waals surface area contributed by atoms with Gasteiger partial charge in [-0.25, -0.2) is 0 Å². The molecule has 0 saturated carbocycles. The zero-order valence-corrected chi connectivity index (χ0v) is 57.1. The van der Waals surface area contributed by atoms with Gasteiger partial charge in [-0.15, -0.1) is 0 Å². The highest BCUT2D eigenvalue weighted by Crippen LogP contribution is 2.26. The number of carbonyl (C=O) groups is 2. The quantitative estimate of drug-likeness (QED) is 0.0195. The molecule has 11 nitrogen and oxygen atoms in total. The molecular weight excluding hydrogens is 1100 g/mol. The number of aliphatic hydroxyl groups excluding tert-OH is 5. The van der Waals surface area contributed by atoms with Crippen molar-refractivity contribution in [3.05, 3.63) is 72.9 Å². The molecule has 1 amide bonds. The molecule has 1 rings (SSSR count). The lowest BCUT2D eigenvalue weighted by molar-refractivity contribution is -0.305. The molecule has 0 aliphatic carbocycles. The third-order valence-corrected chi connectivity index (χ3v) is 17.3. The maximum Gasteiger partial charge on any atom is 0.306 e. The largest absolute Gasteiger partial charge is 0.454 e. The predicted octanol–water partition coefficient (Wildman–Crippen LogP) is 19.5. The third-order valence-electron chi connectivity index (χ3n) is 17.3. The number of rotatable bonds is 64. The highest BCUT2D eigenvalue weighted by molar-refractivity contribution is 5.80. The number of hydrogen-bond acceptors (Lipinski definition) is 10. The van der Waals surface area contributed by atoms with Crippen molar-refractivity contribution >= 4 is 11.9 Å². The second-order valence-electron chi connectivity index (χ2n) is 25.7. The van der Waals surface area contributed by atoms with E-state index >= 15 is 0 Å². The maximum atomic E-state index is 13.5. The first-order valence-corrected chi connectivity index (χ1v) is 37.2. The minimum Gasteiger partial charge on any atom is -0.454 e. The molecule has 0 aromatic heterocycles. The molecule has 1 aliphatic heterocycles. The molecular formula is C77H139NO10. The van der Waals surface area contributed by atoms with Crippen molar-refractivity contribution < 1.29 is 49.3 Å². The summed E-state index contributed by atoms with van der Waals surface area (Å²) >= 11 is 0. The Morgan fingerprint density at radius 3 is 1.20 bits per heavy atom. The molecule has 0 bridgehead atoms. The fourth-order valence-electron chi connectivity index (χ4n) is 11.5. The summed E-state index contributed by atoms with van der Waals surface area (Å²) in [7, 11) is 0. The summed E-state index contributed by atoms with van der Waals surface area (Å²) in [6.45, 7) is 5.79. The lowest BCUT2D eigenvalue weighted by atomic mass is 9.99. The van der Waals surface area contributed by atoms with Gasteiger partial charge in [0.05, 0.1) is 25.4 Å². The van der Waals surface area contributed by atoms with Crippen LogP contribution in [0.2, 0.25) is 0 Å². The molecule has 1 saturated heterocycles. The Morgan fingerprint density at radius 1 is 0.443 bits per heavy atom. The van der Waals surface area contributed by atoms with E-state index in [1.165, 1.54) is 205 Å². The molecule has 0 aromatic carbocycles. The van der Waals surface area contributed by atoms with Gasteiger partial charge in [0, 0.05) is 6.42 Å².